The molecule has 1 unspecified atom stereocenters. The van der Waals surface area contributed by atoms with Crippen molar-refractivity contribution in [2.24, 2.45) is 0 Å². The third-order valence-electron chi connectivity index (χ3n) is 1.15. The van der Waals surface area contributed by atoms with Crippen LogP contribution >= 0.6 is 22.0 Å². The van der Waals surface area contributed by atoms with Crippen LogP contribution in [0.4, 0.5) is 0 Å². The molecule has 0 bridgehead atoms. The lowest BCUT2D eigenvalue weighted by atomic mass is 10.2. The minimum Gasteiger partial charge on any atom is -0.274 e. The third-order valence-corrected chi connectivity index (χ3v) is 2.52. The largest absolute Gasteiger partial charge is 0.274 e. The van der Waals surface area contributed by atoms with Crippen LogP contribution in [-0.4, -0.2) is 0 Å². The second-order valence-electron chi connectivity index (χ2n) is 1.96. The van der Waals surface area contributed by atoms with Gasteiger partial charge in [0.25, 0.3) is 0 Å². The Hall–Kier alpha value is -0.200. The standard InChI is InChI=1S/C7H7BrOP/c8-10(9)6-7-4-2-1-3-5-7/h1-5H,6H2. The molecule has 1 atom stereocenters. The Kier molecular flexibility index (Phi) is 3.04. The van der Waals surface area contributed by atoms with Gasteiger partial charge < -0.3 is 0 Å². The summed E-state index contributed by atoms with van der Waals surface area (Å²) < 4.78 is 10.7. The monoisotopic (exact) mass is 217 g/mol. The molecule has 0 heterocycles. The zero-order chi connectivity index (χ0) is 7.40. The molecule has 0 fully saturated rings. The van der Waals surface area contributed by atoms with Crippen LogP contribution in [0.2, 0.25) is 0 Å². The molecular formula is C7H7BrOP. The number of hydrogen-bond acceptors (Lipinski definition) is 1. The molecule has 1 aromatic rings. The minimum absolute atomic E-state index is 0.621. The molecule has 0 saturated heterocycles. The maximum atomic E-state index is 10.7. The van der Waals surface area contributed by atoms with E-state index in [4.69, 9.17) is 0 Å². The first-order chi connectivity index (χ1) is 4.79. The summed E-state index contributed by atoms with van der Waals surface area (Å²) in [7, 11) is 0. The van der Waals surface area contributed by atoms with E-state index in [0.29, 0.717) is 6.16 Å². The van der Waals surface area contributed by atoms with E-state index in [2.05, 4.69) is 15.5 Å². The van der Waals surface area contributed by atoms with Crippen molar-refractivity contribution in [3.05, 3.63) is 35.9 Å². The Morgan fingerprint density at radius 2 is 1.90 bits per heavy atom. The molecule has 0 aromatic heterocycles. The molecule has 3 heteroatoms. The Balaban J connectivity index is 2.67. The third kappa shape index (κ3) is 2.59. The van der Waals surface area contributed by atoms with Gasteiger partial charge in [-0.3, -0.25) is 4.57 Å². The van der Waals surface area contributed by atoms with Crippen LogP contribution in [0, 0.1) is 0 Å². The summed E-state index contributed by atoms with van der Waals surface area (Å²) >= 11 is 3.02. The van der Waals surface area contributed by atoms with Gasteiger partial charge in [-0.05, 0) is 5.56 Å². The Labute approximate surface area is 69.0 Å². The molecule has 10 heavy (non-hydrogen) atoms. The van der Waals surface area contributed by atoms with Crippen molar-refractivity contribution in [3.63, 3.8) is 0 Å². The van der Waals surface area contributed by atoms with Crippen molar-refractivity contribution >= 4 is 22.0 Å². The van der Waals surface area contributed by atoms with Crippen molar-refractivity contribution in [3.8, 4) is 0 Å². The fourth-order valence-electron chi connectivity index (χ4n) is 0.727. The Morgan fingerprint density at radius 1 is 1.30 bits per heavy atom. The Bertz CT molecular complexity index is 222. The van der Waals surface area contributed by atoms with Crippen LogP contribution in [0.5, 0.6) is 0 Å². The second-order valence-corrected chi connectivity index (χ2v) is 5.29. The zero-order valence-electron chi connectivity index (χ0n) is 5.33. The van der Waals surface area contributed by atoms with Crippen LogP contribution in [0.25, 0.3) is 0 Å². The van der Waals surface area contributed by atoms with Crippen molar-refractivity contribution in [1.82, 2.24) is 0 Å². The van der Waals surface area contributed by atoms with Gasteiger partial charge in [-0.25, -0.2) is 0 Å². The minimum atomic E-state index is -1.21. The maximum Gasteiger partial charge on any atom is 0.146 e. The molecule has 0 aliphatic rings. The topological polar surface area (TPSA) is 17.1 Å². The zero-order valence-corrected chi connectivity index (χ0v) is 7.81. The van der Waals surface area contributed by atoms with E-state index in [1.54, 1.807) is 0 Å². The molecule has 1 nitrogen and oxygen atoms in total. The smallest absolute Gasteiger partial charge is 0.146 e. The van der Waals surface area contributed by atoms with Crippen LogP contribution in [-0.2, 0) is 10.7 Å². The highest BCUT2D eigenvalue weighted by Crippen LogP contribution is 2.33. The summed E-state index contributed by atoms with van der Waals surface area (Å²) in [6.07, 6.45) is 0.621. The highest BCUT2D eigenvalue weighted by molar-refractivity contribution is 9.37. The number of hydrogen-bond donors (Lipinski definition) is 0. The number of benzene rings is 1. The number of halogens is 1. The summed E-state index contributed by atoms with van der Waals surface area (Å²) in [5.74, 6) is 0. The molecule has 53 valence electrons. The lowest BCUT2D eigenvalue weighted by Gasteiger charge is -1.92. The van der Waals surface area contributed by atoms with Crippen molar-refractivity contribution in [2.75, 3.05) is 0 Å². The molecule has 0 aliphatic heterocycles. The first kappa shape index (κ1) is 7.90. The predicted octanol–water partition coefficient (Wildman–Crippen LogP) is 3.32. The second kappa shape index (κ2) is 3.85. The molecule has 0 saturated carbocycles. The highest BCUT2D eigenvalue weighted by Gasteiger charge is 1.94. The molecule has 0 amide bonds. The Morgan fingerprint density at radius 3 is 2.40 bits per heavy atom. The van der Waals surface area contributed by atoms with Crippen molar-refractivity contribution in [1.29, 1.82) is 0 Å². The van der Waals surface area contributed by atoms with E-state index in [-0.39, 0.29) is 0 Å². The van der Waals surface area contributed by atoms with E-state index in [1.807, 2.05) is 30.3 Å². The molecule has 1 rings (SSSR count). The van der Waals surface area contributed by atoms with Gasteiger partial charge in [-0.1, -0.05) is 30.3 Å². The lowest BCUT2D eigenvalue weighted by Crippen LogP contribution is -1.73. The fourth-order valence-corrected chi connectivity index (χ4v) is 2.09. The van der Waals surface area contributed by atoms with Gasteiger partial charge >= 0.3 is 0 Å². The van der Waals surface area contributed by atoms with Gasteiger partial charge in [-0.2, -0.15) is 0 Å². The van der Waals surface area contributed by atoms with Gasteiger partial charge in [0, 0.05) is 15.5 Å². The van der Waals surface area contributed by atoms with E-state index in [1.165, 1.54) is 0 Å². The first-order valence-corrected chi connectivity index (χ1v) is 6.40. The quantitative estimate of drug-likeness (QED) is 0.695. The molecule has 0 spiro atoms. The predicted molar refractivity (Wildman–Crippen MR) is 46.7 cm³/mol. The van der Waals surface area contributed by atoms with Crippen LogP contribution in [0.15, 0.2) is 30.3 Å². The summed E-state index contributed by atoms with van der Waals surface area (Å²) in [5.41, 5.74) is 1.11. The van der Waals surface area contributed by atoms with Gasteiger partial charge in [0.1, 0.15) is 6.50 Å². The van der Waals surface area contributed by atoms with Crippen LogP contribution in [0.1, 0.15) is 5.56 Å². The highest BCUT2D eigenvalue weighted by atomic mass is 79.9. The van der Waals surface area contributed by atoms with Crippen LogP contribution in [0.3, 0.4) is 0 Å². The lowest BCUT2D eigenvalue weighted by molar-refractivity contribution is 0.596. The van der Waals surface area contributed by atoms with Gasteiger partial charge in [0.15, 0.2) is 0 Å². The average molecular weight is 218 g/mol. The molecule has 0 N–H and O–H groups in total. The van der Waals surface area contributed by atoms with Crippen LogP contribution < -0.4 is 0 Å². The van der Waals surface area contributed by atoms with E-state index < -0.39 is 6.50 Å². The summed E-state index contributed by atoms with van der Waals surface area (Å²) in [6, 6.07) is 9.77. The van der Waals surface area contributed by atoms with E-state index in [0.717, 1.165) is 5.56 Å². The molecular weight excluding hydrogens is 211 g/mol. The first-order valence-electron chi connectivity index (χ1n) is 2.93. The maximum absolute atomic E-state index is 10.7. The van der Waals surface area contributed by atoms with Crippen molar-refractivity contribution in [2.45, 2.75) is 6.16 Å². The summed E-state index contributed by atoms with van der Waals surface area (Å²) in [6.45, 7) is -1.21. The van der Waals surface area contributed by atoms with Gasteiger partial charge in [-0.15, -0.1) is 0 Å². The van der Waals surface area contributed by atoms with Crippen molar-refractivity contribution < 1.29 is 4.57 Å². The normalized spacial score (nSPS) is 11.1. The molecule has 1 aromatic carbocycles. The van der Waals surface area contributed by atoms with E-state index in [9.17, 15) is 4.57 Å². The molecule has 1 radical (unpaired) electrons. The summed E-state index contributed by atoms with van der Waals surface area (Å²) in [5, 5.41) is 0. The molecule has 0 aliphatic carbocycles. The SMILES string of the molecule is O=[P](Br)Cc1ccccc1. The van der Waals surface area contributed by atoms with Gasteiger partial charge in [0.05, 0.1) is 6.16 Å². The summed E-state index contributed by atoms with van der Waals surface area (Å²) in [4.78, 5) is 0. The number of rotatable bonds is 2. The van der Waals surface area contributed by atoms with Gasteiger partial charge in [0.2, 0.25) is 0 Å². The van der Waals surface area contributed by atoms with E-state index >= 15 is 0 Å². The fraction of sp³-hybridized carbons (Fsp3) is 0.143. The average Bonchev–Trinajstić information content (AvgIpc) is 1.88.